The van der Waals surface area contributed by atoms with Gasteiger partial charge in [0.15, 0.2) is 0 Å². The molecule has 2 aromatic carbocycles. The van der Waals surface area contributed by atoms with Crippen LogP contribution in [-0.2, 0) is 0 Å². The zero-order chi connectivity index (χ0) is 13.8. The number of halogens is 3. The number of nitrogens with one attached hydrogen (secondary N) is 1. The molecular weight excluding hydrogens is 347 g/mol. The molecule has 0 radical (unpaired) electrons. The molecule has 1 atom stereocenters. The summed E-state index contributed by atoms with van der Waals surface area (Å²) in [5.41, 5.74) is 7.85. The lowest BCUT2D eigenvalue weighted by atomic mass is 10.1. The lowest BCUT2D eigenvalue weighted by molar-refractivity contribution is 0.790. The van der Waals surface area contributed by atoms with Crippen LogP contribution in [0.5, 0.6) is 0 Å². The largest absolute Gasteiger partial charge is 0.377 e. The van der Waals surface area contributed by atoms with Crippen molar-refractivity contribution >= 4 is 44.8 Å². The van der Waals surface area contributed by atoms with E-state index in [0.717, 1.165) is 15.7 Å². The van der Waals surface area contributed by atoms with Gasteiger partial charge in [0.1, 0.15) is 0 Å². The Morgan fingerprint density at radius 3 is 2.37 bits per heavy atom. The molecule has 0 saturated carbocycles. The van der Waals surface area contributed by atoms with Gasteiger partial charge in [0.25, 0.3) is 0 Å². The van der Waals surface area contributed by atoms with Crippen molar-refractivity contribution in [3.05, 3.63) is 62.5 Å². The van der Waals surface area contributed by atoms with Crippen LogP contribution < -0.4 is 11.1 Å². The Morgan fingerprint density at radius 1 is 1.11 bits per heavy atom. The first-order valence-corrected chi connectivity index (χ1v) is 7.32. The summed E-state index contributed by atoms with van der Waals surface area (Å²) in [7, 11) is 0. The lowest BCUT2D eigenvalue weighted by Crippen LogP contribution is -2.20. The van der Waals surface area contributed by atoms with E-state index >= 15 is 0 Å². The Morgan fingerprint density at radius 2 is 1.79 bits per heavy atom. The highest BCUT2D eigenvalue weighted by molar-refractivity contribution is 9.10. The summed E-state index contributed by atoms with van der Waals surface area (Å²) in [6.45, 7) is 0.473. The molecule has 19 heavy (non-hydrogen) atoms. The van der Waals surface area contributed by atoms with Gasteiger partial charge >= 0.3 is 0 Å². The van der Waals surface area contributed by atoms with Crippen LogP contribution in [0.4, 0.5) is 5.69 Å². The minimum absolute atomic E-state index is 0.00627. The van der Waals surface area contributed by atoms with Crippen LogP contribution in [0.15, 0.2) is 46.9 Å². The zero-order valence-corrected chi connectivity index (χ0v) is 13.1. The smallest absolute Gasteiger partial charge is 0.0636 e. The fraction of sp³-hybridized carbons (Fsp3) is 0.143. The Balaban J connectivity index is 2.19. The molecule has 0 aromatic heterocycles. The summed E-state index contributed by atoms with van der Waals surface area (Å²) in [4.78, 5) is 0. The predicted octanol–water partition coefficient (Wildman–Crippen LogP) is 4.87. The third-order valence-corrected chi connectivity index (χ3v) is 4.25. The van der Waals surface area contributed by atoms with Gasteiger partial charge < -0.3 is 11.1 Å². The van der Waals surface area contributed by atoms with Gasteiger partial charge in [0.05, 0.1) is 11.1 Å². The quantitative estimate of drug-likeness (QED) is 0.817. The van der Waals surface area contributed by atoms with E-state index in [1.165, 1.54) is 0 Å². The average molecular weight is 360 g/mol. The van der Waals surface area contributed by atoms with E-state index in [0.29, 0.717) is 16.6 Å². The first-order valence-electron chi connectivity index (χ1n) is 5.77. The molecule has 0 bridgehead atoms. The van der Waals surface area contributed by atoms with Gasteiger partial charge in [0, 0.05) is 21.7 Å². The topological polar surface area (TPSA) is 38.0 Å². The molecule has 3 N–H and O–H groups in total. The van der Waals surface area contributed by atoms with Gasteiger partial charge in [-0.15, -0.1) is 0 Å². The standard InChI is InChI=1S/C14H13BrCl2N2/c15-12-6-1-9(7-13(12)17)14(8-18)19-11-4-2-10(16)3-5-11/h1-7,14,19H,8,18H2. The summed E-state index contributed by atoms with van der Waals surface area (Å²) in [5.74, 6) is 0. The van der Waals surface area contributed by atoms with Gasteiger partial charge in [-0.1, -0.05) is 29.3 Å². The number of nitrogens with two attached hydrogens (primary N) is 1. The van der Waals surface area contributed by atoms with Crippen LogP contribution in [0.1, 0.15) is 11.6 Å². The molecule has 0 aliphatic carbocycles. The van der Waals surface area contributed by atoms with E-state index in [1.54, 1.807) is 0 Å². The Labute approximate surface area is 131 Å². The average Bonchev–Trinajstić information content (AvgIpc) is 2.41. The van der Waals surface area contributed by atoms with Gasteiger partial charge in [-0.3, -0.25) is 0 Å². The van der Waals surface area contributed by atoms with Crippen molar-refractivity contribution in [2.24, 2.45) is 5.73 Å². The molecule has 2 rings (SSSR count). The first kappa shape index (κ1) is 14.7. The van der Waals surface area contributed by atoms with Gasteiger partial charge in [-0.25, -0.2) is 0 Å². The van der Waals surface area contributed by atoms with Gasteiger partial charge in [-0.2, -0.15) is 0 Å². The summed E-state index contributed by atoms with van der Waals surface area (Å²) in [6, 6.07) is 13.4. The highest BCUT2D eigenvalue weighted by Gasteiger charge is 2.11. The number of anilines is 1. The molecule has 100 valence electrons. The van der Waals surface area contributed by atoms with Crippen molar-refractivity contribution < 1.29 is 0 Å². The van der Waals surface area contributed by atoms with E-state index < -0.39 is 0 Å². The van der Waals surface area contributed by atoms with Crippen LogP contribution in [0.25, 0.3) is 0 Å². The molecule has 1 unspecified atom stereocenters. The molecule has 0 aliphatic heterocycles. The molecule has 0 amide bonds. The predicted molar refractivity (Wildman–Crippen MR) is 86.0 cm³/mol. The summed E-state index contributed by atoms with van der Waals surface area (Å²) in [6.07, 6.45) is 0. The minimum atomic E-state index is 0.00627. The van der Waals surface area contributed by atoms with Crippen molar-refractivity contribution in [1.29, 1.82) is 0 Å². The maximum absolute atomic E-state index is 6.11. The molecule has 0 spiro atoms. The molecule has 0 saturated heterocycles. The third kappa shape index (κ3) is 3.86. The lowest BCUT2D eigenvalue weighted by Gasteiger charge is -2.19. The van der Waals surface area contributed by atoms with Crippen LogP contribution >= 0.6 is 39.1 Å². The zero-order valence-electron chi connectivity index (χ0n) is 10.0. The second kappa shape index (κ2) is 6.62. The molecule has 0 fully saturated rings. The fourth-order valence-corrected chi connectivity index (χ4v) is 2.32. The third-order valence-electron chi connectivity index (χ3n) is 2.77. The molecular formula is C14H13BrCl2N2. The second-order valence-electron chi connectivity index (χ2n) is 4.11. The monoisotopic (exact) mass is 358 g/mol. The molecule has 2 aromatic rings. The Kier molecular flexibility index (Phi) is 5.11. The molecule has 0 aliphatic rings. The molecule has 5 heteroatoms. The Bertz CT molecular complexity index is 558. The van der Waals surface area contributed by atoms with E-state index in [1.807, 2.05) is 42.5 Å². The van der Waals surface area contributed by atoms with Crippen LogP contribution in [0.2, 0.25) is 10.0 Å². The molecule has 0 heterocycles. The van der Waals surface area contributed by atoms with Crippen molar-refractivity contribution in [3.63, 3.8) is 0 Å². The summed E-state index contributed by atoms with van der Waals surface area (Å²) in [5, 5.41) is 4.75. The van der Waals surface area contributed by atoms with Crippen molar-refractivity contribution in [2.75, 3.05) is 11.9 Å². The van der Waals surface area contributed by atoms with Crippen LogP contribution in [0.3, 0.4) is 0 Å². The normalized spacial score (nSPS) is 12.2. The van der Waals surface area contributed by atoms with E-state index in [4.69, 9.17) is 28.9 Å². The number of rotatable bonds is 4. The highest BCUT2D eigenvalue weighted by atomic mass is 79.9. The van der Waals surface area contributed by atoms with Crippen molar-refractivity contribution in [3.8, 4) is 0 Å². The maximum atomic E-state index is 6.11. The van der Waals surface area contributed by atoms with Crippen molar-refractivity contribution in [1.82, 2.24) is 0 Å². The highest BCUT2D eigenvalue weighted by Crippen LogP contribution is 2.27. The van der Waals surface area contributed by atoms with E-state index in [-0.39, 0.29) is 6.04 Å². The van der Waals surface area contributed by atoms with Crippen LogP contribution in [-0.4, -0.2) is 6.54 Å². The minimum Gasteiger partial charge on any atom is -0.377 e. The van der Waals surface area contributed by atoms with Crippen molar-refractivity contribution in [2.45, 2.75) is 6.04 Å². The van der Waals surface area contributed by atoms with Gasteiger partial charge in [0.2, 0.25) is 0 Å². The maximum Gasteiger partial charge on any atom is 0.0636 e. The summed E-state index contributed by atoms with van der Waals surface area (Å²) < 4.78 is 0.875. The first-order chi connectivity index (χ1) is 9.10. The number of benzene rings is 2. The number of hydrogen-bond acceptors (Lipinski definition) is 2. The van der Waals surface area contributed by atoms with Crippen LogP contribution in [0, 0.1) is 0 Å². The van der Waals surface area contributed by atoms with Gasteiger partial charge in [-0.05, 0) is 57.9 Å². The SMILES string of the molecule is NCC(Nc1ccc(Cl)cc1)c1ccc(Br)c(Cl)c1. The fourth-order valence-electron chi connectivity index (χ4n) is 1.75. The molecule has 2 nitrogen and oxygen atoms in total. The Hall–Kier alpha value is -0.740. The summed E-state index contributed by atoms with van der Waals surface area (Å²) >= 11 is 15.3. The second-order valence-corrected chi connectivity index (χ2v) is 5.81. The van der Waals surface area contributed by atoms with E-state index in [2.05, 4.69) is 21.2 Å². The van der Waals surface area contributed by atoms with E-state index in [9.17, 15) is 0 Å². The number of hydrogen-bond donors (Lipinski definition) is 2.